The summed E-state index contributed by atoms with van der Waals surface area (Å²) in [5.41, 5.74) is -4.16. The van der Waals surface area contributed by atoms with Crippen LogP contribution in [0.2, 0.25) is 0 Å². The molecule has 4 heterocycles. The Hall–Kier alpha value is -1.85. The number of aliphatic hydroxyl groups excluding tert-OH is 2. The predicted molar refractivity (Wildman–Crippen MR) is 166 cm³/mol. The summed E-state index contributed by atoms with van der Waals surface area (Å²) in [4.78, 5) is 13.7. The molecule has 3 saturated carbocycles. The number of aliphatic hydroxyl groups is 3. The highest BCUT2D eigenvalue weighted by atomic mass is 16.9. The van der Waals surface area contributed by atoms with E-state index in [0.29, 0.717) is 18.4 Å². The molecule has 3 N–H and O–H groups in total. The van der Waals surface area contributed by atoms with Crippen LogP contribution in [-0.4, -0.2) is 80.7 Å². The van der Waals surface area contributed by atoms with Crippen LogP contribution in [0.5, 0.6) is 0 Å². The van der Waals surface area contributed by atoms with Gasteiger partial charge >= 0.3 is 5.97 Å². The Kier molecular flexibility index (Phi) is 7.06. The molecular formula is C37H50O9. The van der Waals surface area contributed by atoms with Crippen molar-refractivity contribution in [3.63, 3.8) is 0 Å². The van der Waals surface area contributed by atoms with E-state index in [4.69, 9.17) is 23.7 Å². The standard InChI is InChI=1S/C37H50O9/c1-20(2)33-18-22(4)37-26-29(33)44-35(45-33,46-37)17-13-8-6-7-10-14-21(3)25-23(5)28(42-31(39)24-15-11-9-12-16-24)36(41,27(25)37)32(40)34(19-38)30(26)43-34/h9,11-12,15-16,21-23,25-30,32,38,40-41H,1,6-8,10,13-14,17-19H2,2-5H3/t21-,22-,23+,25?,26?,27?,28?,29-,30+,32-,33-,34+,35?,36-,37-/m1/s1. The van der Waals surface area contributed by atoms with Gasteiger partial charge in [0.05, 0.1) is 17.8 Å². The maximum absolute atomic E-state index is 13.7. The maximum atomic E-state index is 13.7. The molecule has 2 spiro atoms. The Labute approximate surface area is 271 Å². The van der Waals surface area contributed by atoms with Crippen LogP contribution in [0.3, 0.4) is 0 Å². The molecule has 5 unspecified atom stereocenters. The van der Waals surface area contributed by atoms with Crippen molar-refractivity contribution in [2.45, 2.75) is 132 Å². The van der Waals surface area contributed by atoms with Crippen molar-refractivity contribution >= 4 is 5.97 Å². The molecule has 1 aromatic rings. The molecule has 7 aliphatic rings. The third kappa shape index (κ3) is 3.79. The van der Waals surface area contributed by atoms with Crippen molar-refractivity contribution < 1.29 is 43.8 Å². The molecule has 9 heteroatoms. The van der Waals surface area contributed by atoms with E-state index < -0.39 is 77.2 Å². The highest BCUT2D eigenvalue weighted by Gasteiger charge is 2.90. The van der Waals surface area contributed by atoms with Crippen molar-refractivity contribution in [2.75, 3.05) is 6.61 Å². The second kappa shape index (κ2) is 10.3. The van der Waals surface area contributed by atoms with E-state index in [0.717, 1.165) is 44.1 Å². The monoisotopic (exact) mass is 638 g/mol. The molecule has 1 aromatic carbocycles. The minimum atomic E-state index is -2.00. The minimum absolute atomic E-state index is 0.122. The maximum Gasteiger partial charge on any atom is 0.338 e. The Balaban J connectivity index is 1.36. The van der Waals surface area contributed by atoms with Crippen molar-refractivity contribution in [1.29, 1.82) is 0 Å². The SMILES string of the molecule is C=C(C)[C@]12C[C@@H](C)[C@]34OC5(CCCCCCC[C@@H](C)C6C3[C@@](O)(C(OC(=O)c3ccccc3)[C@H]6C)[C@H](O)[C@@]3(CO)O[C@H]3C4[C@H]1O5)O2. The van der Waals surface area contributed by atoms with Gasteiger partial charge in [-0.1, -0.05) is 77.7 Å². The van der Waals surface area contributed by atoms with Gasteiger partial charge in [-0.25, -0.2) is 4.79 Å². The number of epoxide rings is 1. The van der Waals surface area contributed by atoms with Crippen LogP contribution in [0, 0.1) is 35.5 Å². The number of benzene rings is 1. The van der Waals surface area contributed by atoms with Gasteiger partial charge in [0.25, 0.3) is 5.97 Å². The molecule has 8 rings (SSSR count). The zero-order valence-corrected chi connectivity index (χ0v) is 27.5. The molecule has 3 aliphatic carbocycles. The Morgan fingerprint density at radius 3 is 2.46 bits per heavy atom. The third-order valence-corrected chi connectivity index (χ3v) is 13.6. The van der Waals surface area contributed by atoms with Gasteiger partial charge in [-0.2, -0.15) is 0 Å². The first-order chi connectivity index (χ1) is 21.9. The average molecular weight is 639 g/mol. The normalized spacial score (nSPS) is 53.6. The van der Waals surface area contributed by atoms with Gasteiger partial charge < -0.3 is 39.0 Å². The van der Waals surface area contributed by atoms with Crippen LogP contribution in [-0.2, 0) is 23.7 Å². The van der Waals surface area contributed by atoms with Crippen LogP contribution in [0.4, 0.5) is 0 Å². The molecule has 9 nitrogen and oxygen atoms in total. The Morgan fingerprint density at radius 1 is 1.02 bits per heavy atom. The number of esters is 1. The van der Waals surface area contributed by atoms with Crippen molar-refractivity contribution in [1.82, 2.24) is 0 Å². The topological polar surface area (TPSA) is 127 Å². The largest absolute Gasteiger partial charge is 0.455 e. The first-order valence-corrected chi connectivity index (χ1v) is 17.6. The van der Waals surface area contributed by atoms with Crippen molar-refractivity contribution in [3.8, 4) is 0 Å². The van der Waals surface area contributed by atoms with E-state index in [1.54, 1.807) is 24.3 Å². The number of ether oxygens (including phenoxy) is 5. The van der Waals surface area contributed by atoms with Gasteiger partial charge in [0.1, 0.15) is 41.2 Å². The van der Waals surface area contributed by atoms with E-state index in [-0.39, 0.29) is 23.7 Å². The van der Waals surface area contributed by atoms with Gasteiger partial charge in [0.15, 0.2) is 0 Å². The molecule has 4 aliphatic heterocycles. The zero-order valence-electron chi connectivity index (χ0n) is 27.5. The van der Waals surface area contributed by atoms with Gasteiger partial charge in [-0.15, -0.1) is 0 Å². The van der Waals surface area contributed by atoms with E-state index in [1.165, 1.54) is 0 Å². The molecule has 3 bridgehead atoms. The average Bonchev–Trinajstić information content (AvgIpc) is 3.67. The lowest BCUT2D eigenvalue weighted by Gasteiger charge is -2.61. The Morgan fingerprint density at radius 2 is 1.74 bits per heavy atom. The second-order valence-corrected chi connectivity index (χ2v) is 15.9. The lowest BCUT2D eigenvalue weighted by molar-refractivity contribution is -0.437. The summed E-state index contributed by atoms with van der Waals surface area (Å²) in [6.45, 7) is 12.3. The van der Waals surface area contributed by atoms with Crippen LogP contribution >= 0.6 is 0 Å². The van der Waals surface area contributed by atoms with Gasteiger partial charge in [-0.3, -0.25) is 0 Å². The number of hydrogen-bond acceptors (Lipinski definition) is 9. The third-order valence-electron chi connectivity index (χ3n) is 13.6. The fourth-order valence-corrected chi connectivity index (χ4v) is 11.6. The van der Waals surface area contributed by atoms with Crippen molar-refractivity contribution in [3.05, 3.63) is 48.0 Å². The molecule has 7 fully saturated rings. The fourth-order valence-electron chi connectivity index (χ4n) is 11.6. The zero-order chi connectivity index (χ0) is 32.4. The first kappa shape index (κ1) is 31.4. The van der Waals surface area contributed by atoms with Crippen LogP contribution < -0.4 is 0 Å². The number of hydrogen-bond donors (Lipinski definition) is 3. The molecular weight excluding hydrogens is 588 g/mol. The molecule has 252 valence electrons. The number of carbonyl (C=O) groups excluding carboxylic acids is 1. The van der Waals surface area contributed by atoms with E-state index in [2.05, 4.69) is 20.4 Å². The lowest BCUT2D eigenvalue weighted by Crippen LogP contribution is -2.73. The molecule has 0 aromatic heterocycles. The molecule has 46 heavy (non-hydrogen) atoms. The van der Waals surface area contributed by atoms with Crippen molar-refractivity contribution in [2.24, 2.45) is 35.5 Å². The Bertz CT molecular complexity index is 1400. The highest BCUT2D eigenvalue weighted by Crippen LogP contribution is 2.75. The second-order valence-electron chi connectivity index (χ2n) is 15.9. The van der Waals surface area contributed by atoms with Gasteiger partial charge in [0, 0.05) is 18.3 Å². The lowest BCUT2D eigenvalue weighted by atomic mass is 9.52. The van der Waals surface area contributed by atoms with Crippen LogP contribution in [0.25, 0.3) is 0 Å². The fraction of sp³-hybridized carbons (Fsp3) is 0.757. The summed E-state index contributed by atoms with van der Waals surface area (Å²) in [6.07, 6.45) is 3.37. The predicted octanol–water partition coefficient (Wildman–Crippen LogP) is 4.52. The van der Waals surface area contributed by atoms with Gasteiger partial charge in [0.2, 0.25) is 0 Å². The summed E-state index contributed by atoms with van der Waals surface area (Å²) in [6, 6.07) is 8.76. The molecule has 4 saturated heterocycles. The summed E-state index contributed by atoms with van der Waals surface area (Å²) >= 11 is 0. The van der Waals surface area contributed by atoms with Crippen LogP contribution in [0.1, 0.15) is 89.4 Å². The first-order valence-electron chi connectivity index (χ1n) is 17.6. The van der Waals surface area contributed by atoms with E-state index in [9.17, 15) is 20.1 Å². The molecule has 15 atom stereocenters. The minimum Gasteiger partial charge on any atom is -0.455 e. The number of rotatable bonds is 4. The number of fused-ring (bicyclic) bond motifs is 1. The van der Waals surface area contributed by atoms with Crippen LogP contribution in [0.15, 0.2) is 42.5 Å². The molecule has 0 amide bonds. The summed E-state index contributed by atoms with van der Waals surface area (Å²) in [5, 5.41) is 37.0. The molecule has 0 radical (unpaired) electrons. The summed E-state index contributed by atoms with van der Waals surface area (Å²) in [7, 11) is 0. The smallest absolute Gasteiger partial charge is 0.338 e. The van der Waals surface area contributed by atoms with Gasteiger partial charge in [-0.05, 0) is 61.1 Å². The van der Waals surface area contributed by atoms with E-state index in [1.807, 2.05) is 19.9 Å². The highest BCUT2D eigenvalue weighted by molar-refractivity contribution is 5.89. The summed E-state index contributed by atoms with van der Waals surface area (Å²) in [5.74, 6) is -3.61. The quantitative estimate of drug-likeness (QED) is 0.248. The van der Waals surface area contributed by atoms with E-state index >= 15 is 0 Å². The number of carbonyl (C=O) groups is 1. The summed E-state index contributed by atoms with van der Waals surface area (Å²) < 4.78 is 34.2.